The monoisotopic (exact) mass is 618 g/mol. The van der Waals surface area contributed by atoms with Crippen LogP contribution in [0.1, 0.15) is 62.5 Å². The van der Waals surface area contributed by atoms with Crippen LogP contribution in [0.3, 0.4) is 0 Å². The quantitative estimate of drug-likeness (QED) is 0.0824. The SMILES string of the molecule is COc1ccccc1CNCCCCCCN(C)CCSSCCN(C)CCCCCCNCc1ccccc1OC. The third-order valence-electron chi connectivity index (χ3n) is 7.50. The largest absolute Gasteiger partial charge is 0.496 e. The van der Waals surface area contributed by atoms with E-state index >= 15 is 0 Å². The highest BCUT2D eigenvalue weighted by Crippen LogP contribution is 2.21. The lowest BCUT2D eigenvalue weighted by Crippen LogP contribution is -2.23. The topological polar surface area (TPSA) is 49.0 Å². The summed E-state index contributed by atoms with van der Waals surface area (Å²) >= 11 is 0. The number of nitrogens with one attached hydrogen (secondary N) is 2. The Kier molecular flexibility index (Phi) is 21.9. The van der Waals surface area contributed by atoms with E-state index in [0.717, 1.165) is 37.7 Å². The van der Waals surface area contributed by atoms with E-state index in [1.807, 2.05) is 45.9 Å². The van der Waals surface area contributed by atoms with E-state index in [4.69, 9.17) is 9.47 Å². The molecule has 0 bridgehead atoms. The van der Waals surface area contributed by atoms with E-state index in [0.29, 0.717) is 0 Å². The molecule has 0 fully saturated rings. The van der Waals surface area contributed by atoms with Gasteiger partial charge in [-0.3, -0.25) is 0 Å². The number of ether oxygens (including phenoxy) is 2. The molecule has 238 valence electrons. The van der Waals surface area contributed by atoms with E-state index in [9.17, 15) is 0 Å². The first-order valence-electron chi connectivity index (χ1n) is 15.9. The summed E-state index contributed by atoms with van der Waals surface area (Å²) in [7, 11) is 12.1. The Hall–Kier alpha value is -1.42. The first kappa shape index (κ1) is 36.8. The maximum Gasteiger partial charge on any atom is 0.123 e. The molecule has 2 aromatic rings. The van der Waals surface area contributed by atoms with Crippen LogP contribution in [0.4, 0.5) is 0 Å². The fourth-order valence-electron chi connectivity index (χ4n) is 4.84. The summed E-state index contributed by atoms with van der Waals surface area (Å²) in [5.41, 5.74) is 2.47. The van der Waals surface area contributed by atoms with Crippen LogP contribution in [-0.4, -0.2) is 88.9 Å². The van der Waals surface area contributed by atoms with E-state index in [2.05, 4.69) is 58.8 Å². The second-order valence-electron chi connectivity index (χ2n) is 11.1. The molecule has 0 aliphatic rings. The Bertz CT molecular complexity index is 847. The lowest BCUT2D eigenvalue weighted by molar-refractivity contribution is 0.343. The number of para-hydroxylation sites is 2. The van der Waals surface area contributed by atoms with Crippen LogP contribution in [0, 0.1) is 0 Å². The lowest BCUT2D eigenvalue weighted by Gasteiger charge is -2.17. The predicted octanol–water partition coefficient (Wildman–Crippen LogP) is 6.95. The van der Waals surface area contributed by atoms with E-state index in [1.165, 1.54) is 100 Å². The van der Waals surface area contributed by atoms with Gasteiger partial charge in [0.2, 0.25) is 0 Å². The first-order valence-corrected chi connectivity index (χ1v) is 18.4. The van der Waals surface area contributed by atoms with Crippen LogP contribution in [-0.2, 0) is 13.1 Å². The van der Waals surface area contributed by atoms with Crippen molar-refractivity contribution < 1.29 is 9.47 Å². The average Bonchev–Trinajstić information content (AvgIpc) is 3.01. The van der Waals surface area contributed by atoms with Crippen molar-refractivity contribution in [2.45, 2.75) is 64.5 Å². The third kappa shape index (κ3) is 17.6. The molecule has 42 heavy (non-hydrogen) atoms. The molecule has 0 aromatic heterocycles. The van der Waals surface area contributed by atoms with Crippen molar-refractivity contribution in [1.29, 1.82) is 0 Å². The molecule has 0 atom stereocenters. The lowest BCUT2D eigenvalue weighted by atomic mass is 10.1. The highest BCUT2D eigenvalue weighted by molar-refractivity contribution is 8.76. The molecule has 0 amide bonds. The van der Waals surface area contributed by atoms with Gasteiger partial charge in [0.1, 0.15) is 11.5 Å². The van der Waals surface area contributed by atoms with Crippen LogP contribution in [0.15, 0.2) is 48.5 Å². The van der Waals surface area contributed by atoms with Crippen molar-refractivity contribution in [3.8, 4) is 11.5 Å². The summed E-state index contributed by atoms with van der Waals surface area (Å²) < 4.78 is 10.8. The molecule has 0 saturated heterocycles. The number of hydrogen-bond acceptors (Lipinski definition) is 8. The molecule has 0 spiro atoms. The Morgan fingerprint density at radius 1 is 0.548 bits per heavy atom. The van der Waals surface area contributed by atoms with Crippen molar-refractivity contribution in [2.24, 2.45) is 0 Å². The van der Waals surface area contributed by atoms with Crippen LogP contribution in [0.5, 0.6) is 11.5 Å². The van der Waals surface area contributed by atoms with Crippen molar-refractivity contribution >= 4 is 21.6 Å². The molecule has 2 aromatic carbocycles. The van der Waals surface area contributed by atoms with E-state index < -0.39 is 0 Å². The van der Waals surface area contributed by atoms with Gasteiger partial charge in [0.05, 0.1) is 14.2 Å². The highest BCUT2D eigenvalue weighted by atomic mass is 33.1. The van der Waals surface area contributed by atoms with Crippen molar-refractivity contribution in [3.63, 3.8) is 0 Å². The van der Waals surface area contributed by atoms with Gasteiger partial charge in [-0.2, -0.15) is 0 Å². The van der Waals surface area contributed by atoms with Gasteiger partial charge in [0.25, 0.3) is 0 Å². The molecule has 2 rings (SSSR count). The number of methoxy groups -OCH3 is 2. The van der Waals surface area contributed by atoms with Crippen LogP contribution < -0.4 is 20.1 Å². The summed E-state index contributed by atoms with van der Waals surface area (Å²) in [6.07, 6.45) is 10.3. The van der Waals surface area contributed by atoms with Gasteiger partial charge in [-0.05, 0) is 78.1 Å². The maximum atomic E-state index is 5.42. The van der Waals surface area contributed by atoms with Gasteiger partial charge in [0, 0.05) is 48.8 Å². The summed E-state index contributed by atoms with van der Waals surface area (Å²) in [5, 5.41) is 7.10. The Labute approximate surface area is 265 Å². The van der Waals surface area contributed by atoms with Gasteiger partial charge in [0.15, 0.2) is 0 Å². The van der Waals surface area contributed by atoms with Gasteiger partial charge >= 0.3 is 0 Å². The van der Waals surface area contributed by atoms with Gasteiger partial charge in [-0.25, -0.2) is 0 Å². The minimum absolute atomic E-state index is 0.879. The van der Waals surface area contributed by atoms with Gasteiger partial charge < -0.3 is 29.9 Å². The second-order valence-corrected chi connectivity index (χ2v) is 13.8. The molecular weight excluding hydrogens is 561 g/mol. The number of rotatable bonds is 27. The molecule has 2 N–H and O–H groups in total. The molecule has 0 heterocycles. The Morgan fingerprint density at radius 3 is 1.38 bits per heavy atom. The van der Waals surface area contributed by atoms with Gasteiger partial charge in [-0.15, -0.1) is 0 Å². The van der Waals surface area contributed by atoms with Crippen LogP contribution in [0.2, 0.25) is 0 Å². The fraction of sp³-hybridized carbons (Fsp3) is 0.647. The molecule has 0 aliphatic heterocycles. The number of unbranched alkanes of at least 4 members (excludes halogenated alkanes) is 6. The zero-order valence-corrected chi connectivity index (χ0v) is 28.5. The minimum atomic E-state index is 0.879. The molecule has 0 aliphatic carbocycles. The molecule has 0 radical (unpaired) electrons. The Morgan fingerprint density at radius 2 is 0.952 bits per heavy atom. The number of nitrogens with zero attached hydrogens (tertiary/aromatic N) is 2. The van der Waals surface area contributed by atoms with Crippen molar-refractivity contribution in [1.82, 2.24) is 20.4 Å². The Balaban J connectivity index is 1.30. The third-order valence-corrected chi connectivity index (χ3v) is 9.86. The smallest absolute Gasteiger partial charge is 0.123 e. The standard InChI is InChI=1S/C34H58N4O2S2/c1-37(23-15-7-5-13-21-35-29-31-17-9-11-19-33(31)39-3)25-27-41-42-28-26-38(2)24-16-8-6-14-22-36-30-32-18-10-12-20-34(32)40-4/h9-12,17-20,35-36H,5-8,13-16,21-30H2,1-4H3. The van der Waals surface area contributed by atoms with E-state index in [-0.39, 0.29) is 0 Å². The summed E-state index contributed by atoms with van der Waals surface area (Å²) in [6.45, 7) is 8.68. The summed E-state index contributed by atoms with van der Waals surface area (Å²) in [4.78, 5) is 4.99. The fourth-order valence-corrected chi connectivity index (χ4v) is 7.00. The molecule has 0 unspecified atom stereocenters. The minimum Gasteiger partial charge on any atom is -0.496 e. The van der Waals surface area contributed by atoms with Crippen LogP contribution in [0.25, 0.3) is 0 Å². The molecule has 6 nitrogen and oxygen atoms in total. The number of benzene rings is 2. The molecule has 8 heteroatoms. The van der Waals surface area contributed by atoms with Crippen molar-refractivity contribution in [2.75, 3.05) is 79.1 Å². The number of hydrogen-bond donors (Lipinski definition) is 2. The van der Waals surface area contributed by atoms with Gasteiger partial charge in [-0.1, -0.05) is 83.7 Å². The maximum absolute atomic E-state index is 5.42. The summed E-state index contributed by atoms with van der Waals surface area (Å²) in [5.74, 6) is 4.37. The molecule has 0 saturated carbocycles. The zero-order valence-electron chi connectivity index (χ0n) is 26.9. The van der Waals surface area contributed by atoms with E-state index in [1.54, 1.807) is 14.2 Å². The average molecular weight is 619 g/mol. The normalized spacial score (nSPS) is 11.5. The zero-order chi connectivity index (χ0) is 30.1. The highest BCUT2D eigenvalue weighted by Gasteiger charge is 2.04. The van der Waals surface area contributed by atoms with Crippen LogP contribution >= 0.6 is 21.6 Å². The molecular formula is C34H58N4O2S2. The first-order chi connectivity index (χ1) is 20.6. The second kappa shape index (κ2) is 25.0. The van der Waals surface area contributed by atoms with Crippen molar-refractivity contribution in [3.05, 3.63) is 59.7 Å². The predicted molar refractivity (Wildman–Crippen MR) is 186 cm³/mol. The summed E-state index contributed by atoms with van der Waals surface area (Å²) in [6, 6.07) is 16.5.